The summed E-state index contributed by atoms with van der Waals surface area (Å²) in [6, 6.07) is 26.9. The van der Waals surface area contributed by atoms with Crippen molar-refractivity contribution in [1.29, 1.82) is 0 Å². The van der Waals surface area contributed by atoms with E-state index in [2.05, 4.69) is 21.2 Å². The molecular formula is C38H41BrFN3O5S. The first-order valence-corrected chi connectivity index (χ1v) is 18.8. The van der Waals surface area contributed by atoms with Crippen molar-refractivity contribution in [3.63, 3.8) is 0 Å². The summed E-state index contributed by atoms with van der Waals surface area (Å²) in [4.78, 5) is 30.2. The molecule has 0 heterocycles. The Morgan fingerprint density at radius 2 is 1.53 bits per heavy atom. The van der Waals surface area contributed by atoms with Crippen molar-refractivity contribution in [3.05, 3.63) is 125 Å². The van der Waals surface area contributed by atoms with Gasteiger partial charge in [0.05, 0.1) is 17.2 Å². The van der Waals surface area contributed by atoms with Crippen LogP contribution in [0.25, 0.3) is 0 Å². The largest absolute Gasteiger partial charge is 0.494 e. The molecule has 1 fully saturated rings. The van der Waals surface area contributed by atoms with Gasteiger partial charge in [0.2, 0.25) is 11.8 Å². The van der Waals surface area contributed by atoms with Gasteiger partial charge < -0.3 is 15.0 Å². The zero-order valence-corrected chi connectivity index (χ0v) is 29.8. The molecule has 0 aromatic heterocycles. The second kappa shape index (κ2) is 16.9. The molecule has 0 saturated heterocycles. The number of amides is 2. The SMILES string of the molecule is CCOc1ccc(N(CC(=O)N(Cc2ccc(Br)cc2)C(Cc2ccccc2)C(=O)NC2CCCCC2)S(=O)(=O)c2ccc(F)cc2)cc1. The Bertz CT molecular complexity index is 1780. The molecule has 8 nitrogen and oxygen atoms in total. The molecule has 11 heteroatoms. The fourth-order valence-electron chi connectivity index (χ4n) is 6.02. The summed E-state index contributed by atoms with van der Waals surface area (Å²) in [5.74, 6) is -0.899. The molecule has 1 unspecified atom stereocenters. The number of carbonyl (C=O) groups excluding carboxylic acids is 2. The Labute approximate surface area is 296 Å². The average molecular weight is 751 g/mol. The van der Waals surface area contributed by atoms with E-state index in [4.69, 9.17) is 4.74 Å². The number of hydrogen-bond acceptors (Lipinski definition) is 5. The third-order valence-corrected chi connectivity index (χ3v) is 10.9. The van der Waals surface area contributed by atoms with Gasteiger partial charge in [0.25, 0.3) is 10.0 Å². The molecule has 1 aliphatic carbocycles. The molecule has 0 bridgehead atoms. The molecular weight excluding hydrogens is 709 g/mol. The van der Waals surface area contributed by atoms with Crippen LogP contribution in [-0.2, 0) is 32.6 Å². The number of nitrogens with one attached hydrogen (secondary N) is 1. The molecule has 1 N–H and O–H groups in total. The molecule has 2 amide bonds. The number of carbonyl (C=O) groups is 2. The molecule has 1 saturated carbocycles. The molecule has 5 rings (SSSR count). The highest BCUT2D eigenvalue weighted by molar-refractivity contribution is 9.10. The van der Waals surface area contributed by atoms with Crippen molar-refractivity contribution < 1.29 is 27.1 Å². The molecule has 1 atom stereocenters. The zero-order chi connectivity index (χ0) is 34.8. The summed E-state index contributed by atoms with van der Waals surface area (Å²) in [7, 11) is -4.36. The van der Waals surface area contributed by atoms with Crippen LogP contribution in [0, 0.1) is 5.82 Å². The smallest absolute Gasteiger partial charge is 0.264 e. The fourth-order valence-corrected chi connectivity index (χ4v) is 7.70. The lowest BCUT2D eigenvalue weighted by molar-refractivity contribution is -0.140. The predicted octanol–water partition coefficient (Wildman–Crippen LogP) is 7.27. The van der Waals surface area contributed by atoms with Gasteiger partial charge in [-0.2, -0.15) is 0 Å². The van der Waals surface area contributed by atoms with E-state index in [0.29, 0.717) is 12.4 Å². The summed E-state index contributed by atoms with van der Waals surface area (Å²) in [6.07, 6.45) is 5.13. The van der Waals surface area contributed by atoms with E-state index in [9.17, 15) is 22.4 Å². The first kappa shape index (κ1) is 36.1. The number of benzene rings is 4. The summed E-state index contributed by atoms with van der Waals surface area (Å²) in [6.45, 7) is 1.72. The van der Waals surface area contributed by atoms with Crippen LogP contribution in [0.2, 0.25) is 0 Å². The lowest BCUT2D eigenvalue weighted by Gasteiger charge is -2.35. The lowest BCUT2D eigenvalue weighted by atomic mass is 9.94. The van der Waals surface area contributed by atoms with Gasteiger partial charge in [-0.3, -0.25) is 13.9 Å². The third kappa shape index (κ3) is 9.70. The summed E-state index contributed by atoms with van der Waals surface area (Å²) < 4.78 is 49.6. The van der Waals surface area contributed by atoms with Gasteiger partial charge in [0.1, 0.15) is 24.2 Å². The van der Waals surface area contributed by atoms with Crippen molar-refractivity contribution >= 4 is 43.5 Å². The van der Waals surface area contributed by atoms with Crippen molar-refractivity contribution in [2.45, 2.75) is 69.0 Å². The van der Waals surface area contributed by atoms with Crippen LogP contribution in [0.3, 0.4) is 0 Å². The standard InChI is InChI=1S/C38H41BrFN3O5S/c1-2-48-34-21-19-33(20-22-34)43(49(46,47)35-23-17-31(40)18-24-35)27-37(44)42(26-29-13-15-30(39)16-14-29)36(25-28-9-5-3-6-10-28)38(45)41-32-11-7-4-8-12-32/h3,5-6,9-10,13-24,32,36H,2,4,7-8,11-12,25-27H2,1H3,(H,41,45). The third-order valence-electron chi connectivity index (χ3n) is 8.61. The Morgan fingerprint density at radius 3 is 2.16 bits per heavy atom. The molecule has 0 spiro atoms. The van der Waals surface area contributed by atoms with Crippen molar-refractivity contribution in [3.8, 4) is 5.75 Å². The minimum absolute atomic E-state index is 0.00311. The highest BCUT2D eigenvalue weighted by atomic mass is 79.9. The molecule has 4 aromatic rings. The maximum atomic E-state index is 14.7. The van der Waals surface area contributed by atoms with Gasteiger partial charge in [0.15, 0.2) is 0 Å². The van der Waals surface area contributed by atoms with E-state index < -0.39 is 34.3 Å². The van der Waals surface area contributed by atoms with Gasteiger partial charge in [0, 0.05) is 23.5 Å². The van der Waals surface area contributed by atoms with E-state index in [1.165, 1.54) is 17.0 Å². The van der Waals surface area contributed by atoms with Crippen LogP contribution < -0.4 is 14.4 Å². The molecule has 1 aliphatic rings. The summed E-state index contributed by atoms with van der Waals surface area (Å²) in [5.41, 5.74) is 1.85. The monoisotopic (exact) mass is 749 g/mol. The Hall–Kier alpha value is -4.22. The first-order valence-electron chi connectivity index (χ1n) is 16.5. The average Bonchev–Trinajstić information content (AvgIpc) is 3.11. The van der Waals surface area contributed by atoms with Crippen molar-refractivity contribution in [2.75, 3.05) is 17.5 Å². The lowest BCUT2D eigenvalue weighted by Crippen LogP contribution is -2.55. The number of nitrogens with zero attached hydrogens (tertiary/aromatic N) is 2. The molecule has 0 aliphatic heterocycles. The normalized spacial score (nSPS) is 14.1. The molecule has 4 aromatic carbocycles. The number of sulfonamides is 1. The van der Waals surface area contributed by atoms with Gasteiger partial charge in [-0.15, -0.1) is 0 Å². The highest BCUT2D eigenvalue weighted by Gasteiger charge is 2.35. The van der Waals surface area contributed by atoms with E-state index in [-0.39, 0.29) is 35.5 Å². The van der Waals surface area contributed by atoms with Gasteiger partial charge in [-0.1, -0.05) is 77.7 Å². The second-order valence-electron chi connectivity index (χ2n) is 12.1. The second-order valence-corrected chi connectivity index (χ2v) is 14.9. The highest BCUT2D eigenvalue weighted by Crippen LogP contribution is 2.28. The van der Waals surface area contributed by atoms with Crippen LogP contribution in [0.5, 0.6) is 5.75 Å². The predicted molar refractivity (Wildman–Crippen MR) is 192 cm³/mol. The molecule has 49 heavy (non-hydrogen) atoms. The van der Waals surface area contributed by atoms with E-state index >= 15 is 0 Å². The van der Waals surface area contributed by atoms with E-state index in [1.807, 2.05) is 61.5 Å². The minimum atomic E-state index is -4.36. The van der Waals surface area contributed by atoms with E-state index in [0.717, 1.165) is 64.1 Å². The number of anilines is 1. The van der Waals surface area contributed by atoms with Crippen LogP contribution >= 0.6 is 15.9 Å². The number of rotatable bonds is 14. The van der Waals surface area contributed by atoms with Crippen LogP contribution in [0.1, 0.15) is 50.2 Å². The van der Waals surface area contributed by atoms with E-state index in [1.54, 1.807) is 24.3 Å². The van der Waals surface area contributed by atoms with Crippen LogP contribution in [0.4, 0.5) is 10.1 Å². The quantitative estimate of drug-likeness (QED) is 0.146. The number of hydrogen-bond donors (Lipinski definition) is 1. The van der Waals surface area contributed by atoms with Crippen molar-refractivity contribution in [1.82, 2.24) is 10.2 Å². The Balaban J connectivity index is 1.56. The van der Waals surface area contributed by atoms with Crippen LogP contribution in [-0.4, -0.2) is 50.4 Å². The minimum Gasteiger partial charge on any atom is -0.494 e. The maximum absolute atomic E-state index is 14.7. The number of ether oxygens (including phenoxy) is 1. The Morgan fingerprint density at radius 1 is 0.878 bits per heavy atom. The van der Waals surface area contributed by atoms with Crippen LogP contribution in [0.15, 0.2) is 112 Å². The first-order chi connectivity index (χ1) is 23.6. The maximum Gasteiger partial charge on any atom is 0.264 e. The Kier molecular flexibility index (Phi) is 12.5. The number of halogens is 2. The summed E-state index contributed by atoms with van der Waals surface area (Å²) >= 11 is 3.46. The van der Waals surface area contributed by atoms with Gasteiger partial charge in [-0.05, 0) is 91.6 Å². The van der Waals surface area contributed by atoms with Gasteiger partial charge in [-0.25, -0.2) is 12.8 Å². The van der Waals surface area contributed by atoms with Crippen molar-refractivity contribution in [2.24, 2.45) is 0 Å². The summed E-state index contributed by atoms with van der Waals surface area (Å²) in [5, 5.41) is 3.21. The van der Waals surface area contributed by atoms with Gasteiger partial charge >= 0.3 is 0 Å². The topological polar surface area (TPSA) is 96.0 Å². The molecule has 258 valence electrons. The fraction of sp³-hybridized carbons (Fsp3) is 0.316. The zero-order valence-electron chi connectivity index (χ0n) is 27.4. The molecule has 0 radical (unpaired) electrons.